The number of phenolic OH excluding ortho intramolecular Hbond substituents is 1. The number of aromatic hydroxyl groups is 1. The number of unbranched alkanes of at least 4 members (excludes halogenated alkanes) is 1. The quantitative estimate of drug-likeness (QED) is 0.00963. The highest BCUT2D eigenvalue weighted by Gasteiger charge is 2.83. The fraction of sp³-hybridized carbons (Fsp3) is 0.471. The van der Waals surface area contributed by atoms with Gasteiger partial charge in [0, 0.05) is 28.1 Å². The zero-order valence-electron chi connectivity index (χ0n) is 76.6. The second-order valence-corrected chi connectivity index (χ2v) is 45.0. The first-order valence-electron chi connectivity index (χ1n) is 42.4. The molecule has 0 aliphatic carbocycles. The first-order chi connectivity index (χ1) is 62.9. The SMILES string of the molecule is C.C.C.C.C.C.C.C.CCC(C)(C)C(=O)OC(C)c1ccc(C(C)(C)C)cc1.CCC(C)C(=O)OCCc1ccc(OS(=O)(=O)C(F)(F)C(F)(F)C(F)(F)S(=O)(=O)[N-]S(=O)(=O)C(F)(F)F)cc1.CCC(C)c1ccc(O)cc1.CCC(C)c1ccc(OS(=O)(=O)C(F)(F)C(F)(F)C(F)(F)S(=O)(=O)[O-])cc1.CCCCOc1ccc([S+]2CCCC2)c2ccccc12.c1ccc([S+](c2ccccc2)c2ccccc2)cc1. The van der Waals surface area contributed by atoms with Gasteiger partial charge in [0.1, 0.15) is 40.6 Å². The highest BCUT2D eigenvalue weighted by Crippen LogP contribution is 2.55. The molecule has 10 rings (SSSR count). The molecule has 1 N–H and O–H groups in total. The van der Waals surface area contributed by atoms with Crippen LogP contribution in [0.2, 0.25) is 0 Å². The lowest BCUT2D eigenvalue weighted by Gasteiger charge is -2.35. The number of halogens is 15. The third kappa shape index (κ3) is 36.6. The van der Waals surface area contributed by atoms with E-state index in [1.165, 1.54) is 79.5 Å². The number of rotatable bonds is 35. The van der Waals surface area contributed by atoms with E-state index in [0.717, 1.165) is 61.4 Å². The van der Waals surface area contributed by atoms with Crippen LogP contribution < -0.4 is 13.1 Å². The van der Waals surface area contributed by atoms with Crippen molar-refractivity contribution in [2.24, 2.45) is 11.3 Å². The zero-order chi connectivity index (χ0) is 103. The Bertz CT molecular complexity index is 5830. The number of esters is 2. The van der Waals surface area contributed by atoms with E-state index in [9.17, 15) is 122 Å². The van der Waals surface area contributed by atoms with E-state index in [0.29, 0.717) is 57.2 Å². The van der Waals surface area contributed by atoms with Crippen molar-refractivity contribution in [1.82, 2.24) is 0 Å². The molecule has 1 fully saturated rings. The molecule has 0 saturated carbocycles. The second kappa shape index (κ2) is 59.0. The third-order valence-corrected chi connectivity index (χ3v) is 32.5. The van der Waals surface area contributed by atoms with Gasteiger partial charge in [0.05, 0.1) is 35.4 Å². The Labute approximate surface area is 850 Å². The van der Waals surface area contributed by atoms with Crippen molar-refractivity contribution in [3.05, 3.63) is 256 Å². The fourth-order valence-electron chi connectivity index (χ4n) is 11.7. The summed E-state index contributed by atoms with van der Waals surface area (Å²) < 4.78 is 346. The monoisotopic (exact) mass is 2190 g/mol. The van der Waals surface area contributed by atoms with Gasteiger partial charge in [0.2, 0.25) is 0 Å². The number of phenols is 1. The summed E-state index contributed by atoms with van der Waals surface area (Å²) in [5.41, 5.74) is -2.52. The molecule has 4 atom stereocenters. The van der Waals surface area contributed by atoms with Crippen molar-refractivity contribution in [2.75, 3.05) is 24.7 Å². The minimum atomic E-state index is -8.00. The number of sulfonamides is 2. The first kappa shape index (κ1) is 141. The van der Waals surface area contributed by atoms with E-state index in [4.69, 9.17) is 19.3 Å². The van der Waals surface area contributed by atoms with Gasteiger partial charge in [-0.15, -0.1) is 0 Å². The number of alkyl halides is 15. The summed E-state index contributed by atoms with van der Waals surface area (Å²) in [6.07, 6.45) is 7.93. The van der Waals surface area contributed by atoms with Crippen molar-refractivity contribution in [3.8, 4) is 23.0 Å². The molecule has 1 aliphatic heterocycles. The van der Waals surface area contributed by atoms with Gasteiger partial charge in [0.25, 0.3) is 0 Å². The smallest absolute Gasteiger partial charge is 0.480 e. The highest BCUT2D eigenvalue weighted by molar-refractivity contribution is 8.13. The maximum absolute atomic E-state index is 14.1. The lowest BCUT2D eigenvalue weighted by molar-refractivity contribution is -0.247. The molecule has 0 radical (unpaired) electrons. The largest absolute Gasteiger partial charge is 0.743 e. The summed E-state index contributed by atoms with van der Waals surface area (Å²) in [7, 11) is -36.4. The molecule has 0 amide bonds. The van der Waals surface area contributed by atoms with Crippen molar-refractivity contribution in [3.63, 3.8) is 0 Å². The van der Waals surface area contributed by atoms with Gasteiger partial charge in [-0.3, -0.25) is 9.59 Å². The zero-order valence-corrected chi connectivity index (χ0v) is 82.3. The minimum Gasteiger partial charge on any atom is -0.743 e. The summed E-state index contributed by atoms with van der Waals surface area (Å²) in [6.45, 7) is 28.4. The van der Waals surface area contributed by atoms with E-state index < -0.39 is 118 Å². The van der Waals surface area contributed by atoms with E-state index in [-0.39, 0.29) is 112 Å². The van der Waals surface area contributed by atoms with Gasteiger partial charge in [-0.05, 0) is 202 Å². The van der Waals surface area contributed by atoms with E-state index in [1.807, 2.05) is 46.8 Å². The van der Waals surface area contributed by atoms with Crippen LogP contribution in [0.25, 0.3) is 14.9 Å². The standard InChI is InChI=1S/C18H28O2.C18H23OS.C18H15S.C17H17F9NO9S3.C13H14F6O6S2.C10H14O.8CH4/c1-8-18(6,7)16(19)20-13(2)14-9-11-15(12-10-14)17(3,4)5;1-2-3-12-19-17-10-11-18(20-13-6-7-14-20)16-9-5-4-8-15(16)17;1-4-10-16(11-5-1)19(17-12-6-2-7-13-17)18-14-8-3-9-15-18;1-3-10(2)13(28)35-9-8-11-4-6-12(7-5-11)36-39(33,34)16(22,23)14(18,19)15(20,21)37(29,30)27-38(31,32)17(24,25)26;1-3-8(2)9-4-6-10(7-5-9)25-27(23,24)13(18,19)11(14,15)12(16,17)26(20,21)22;1-3-8(2)9-4-6-10(11)7-5-9;;;;;;;;/h9-13H,8H2,1-7H3;4-5,8-11H,2-3,6-7,12-14H2,1H3;1-15H;4-7,10H,3,8-9H2,1-2H3;4-8H,3H2,1-2H3,(H,20,21,22);4-8,11H,3H2,1-2H3;8*1H4/q;2*+1;-1;;;;;;;;;;/p-1. The highest BCUT2D eigenvalue weighted by atomic mass is 32.3. The summed E-state index contributed by atoms with van der Waals surface area (Å²) >= 11 is 0. The lowest BCUT2D eigenvalue weighted by Crippen LogP contribution is -2.61. The third-order valence-electron chi connectivity index (χ3n) is 21.2. The van der Waals surface area contributed by atoms with Gasteiger partial charge in [-0.1, -0.05) is 275 Å². The molecule has 0 bridgehead atoms. The molecule has 4 unspecified atom stereocenters. The Kier molecular flexibility index (Phi) is 57.8. The van der Waals surface area contributed by atoms with E-state index in [1.54, 1.807) is 37.8 Å². The minimum absolute atomic E-state index is 0. The normalized spacial score (nSPS) is 13.5. The molecular formula is C102H142F15NO19S7. The molecule has 9 aromatic carbocycles. The van der Waals surface area contributed by atoms with Gasteiger partial charge in [0.15, 0.2) is 49.7 Å². The number of nitrogens with zero attached hydrogens (tertiary/aromatic N) is 1. The molecule has 1 aliphatic rings. The lowest BCUT2D eigenvalue weighted by atomic mass is 9.86. The van der Waals surface area contributed by atoms with Crippen LogP contribution in [-0.2, 0) is 103 Å². The summed E-state index contributed by atoms with van der Waals surface area (Å²) in [6, 6.07) is 68.3. The number of carbonyl (C=O) groups excluding carboxylic acids is 2. The number of hydrogen-bond donors (Lipinski definition) is 1. The summed E-state index contributed by atoms with van der Waals surface area (Å²) in [4.78, 5) is 29.3. The molecule has 42 heteroatoms. The van der Waals surface area contributed by atoms with Crippen molar-refractivity contribution < 1.29 is 150 Å². The van der Waals surface area contributed by atoms with Crippen LogP contribution in [0.1, 0.15) is 253 Å². The molecule has 1 saturated heterocycles. The predicted octanol–water partition coefficient (Wildman–Crippen LogP) is 29.8. The van der Waals surface area contributed by atoms with Crippen LogP contribution >= 0.6 is 0 Å². The number of carbonyl (C=O) groups is 2. The van der Waals surface area contributed by atoms with E-state index >= 15 is 0 Å². The maximum atomic E-state index is 14.1. The number of ether oxygens (including phenoxy) is 3. The molecule has 9 aromatic rings. The van der Waals surface area contributed by atoms with Crippen LogP contribution in [-0.4, -0.2) is 127 Å². The fourth-order valence-corrected chi connectivity index (χ4v) is 20.8. The Hall–Kier alpha value is -9.30. The van der Waals surface area contributed by atoms with Crippen LogP contribution in [0.5, 0.6) is 23.0 Å². The molecule has 0 aromatic heterocycles. The Balaban J connectivity index is -0.000000834. The van der Waals surface area contributed by atoms with Gasteiger partial charge >= 0.3 is 70.5 Å². The predicted molar refractivity (Wildman–Crippen MR) is 546 cm³/mol. The summed E-state index contributed by atoms with van der Waals surface area (Å²) in [5, 5.41) is -16.6. The van der Waals surface area contributed by atoms with Gasteiger partial charge in [-0.2, -0.15) is 82.7 Å². The van der Waals surface area contributed by atoms with Crippen LogP contribution in [0.4, 0.5) is 65.9 Å². The Morgan fingerprint density at radius 1 is 0.451 bits per heavy atom. The van der Waals surface area contributed by atoms with Crippen molar-refractivity contribution in [1.29, 1.82) is 0 Å². The molecule has 144 heavy (non-hydrogen) atoms. The van der Waals surface area contributed by atoms with Gasteiger partial charge in [-0.25, -0.2) is 25.3 Å². The number of benzene rings is 9. The van der Waals surface area contributed by atoms with Gasteiger partial charge < -0.3 is 36.4 Å². The van der Waals surface area contributed by atoms with Crippen molar-refractivity contribution >= 4 is 94.9 Å². The number of fused-ring (bicyclic) bond motifs is 1. The Morgan fingerprint density at radius 3 is 1.21 bits per heavy atom. The Morgan fingerprint density at radius 2 is 0.833 bits per heavy atom. The molecule has 816 valence electrons. The topological polar surface area (TPSA) is 308 Å². The molecule has 20 nitrogen and oxygen atoms in total. The molecule has 0 spiro atoms. The molecule has 1 heterocycles. The van der Waals surface area contributed by atoms with Crippen LogP contribution in [0.3, 0.4) is 0 Å². The second-order valence-electron chi connectivity index (χ2n) is 32.7. The maximum Gasteiger partial charge on any atom is 0.480 e. The van der Waals surface area contributed by atoms with Crippen LogP contribution in [0.15, 0.2) is 244 Å². The van der Waals surface area contributed by atoms with E-state index in [2.05, 4.69) is 202 Å². The first-order valence-corrected chi connectivity index (χ1v) is 52.3. The average Bonchev–Trinajstić information content (AvgIpc) is 0.778. The summed E-state index contributed by atoms with van der Waals surface area (Å²) in [5.74, 6) is -13.2. The van der Waals surface area contributed by atoms with Crippen LogP contribution in [0, 0.1) is 11.3 Å². The van der Waals surface area contributed by atoms with Crippen molar-refractivity contribution in [2.45, 2.75) is 295 Å². The average molecular weight is 2200 g/mol. The number of hydrogen-bond acceptors (Lipinski definition) is 19. The molecular weight excluding hydrogens is 2050 g/mol.